The summed E-state index contributed by atoms with van der Waals surface area (Å²) in [6.45, 7) is 1.24. The number of halogens is 2. The highest BCUT2D eigenvalue weighted by Gasteiger charge is 2.25. The molecule has 0 aliphatic carbocycles. The molecule has 0 radical (unpaired) electrons. The second kappa shape index (κ2) is 9.53. The Hall–Kier alpha value is -3.21. The van der Waals surface area contributed by atoms with E-state index in [-0.39, 0.29) is 27.7 Å². The van der Waals surface area contributed by atoms with Crippen LogP contribution < -0.4 is 15.6 Å². The standard InChI is InChI=1S/C19H19BrFN5O4/c20-16-11-13(1-6-17(16)21)22-19(23-24-28)18(27)12-7-9-25(10-8-12)14-2-4-15(5-3-14)26(29)30/h1-6,11-12,22,27H,7-10H2,(H,23,28). The lowest BCUT2D eigenvalue weighted by Crippen LogP contribution is -2.35. The van der Waals surface area contributed by atoms with Gasteiger partial charge in [-0.15, -0.1) is 4.91 Å². The summed E-state index contributed by atoms with van der Waals surface area (Å²) < 4.78 is 13.7. The van der Waals surface area contributed by atoms with Crippen LogP contribution in [-0.2, 0) is 0 Å². The molecule has 3 rings (SSSR count). The number of nitro groups is 1. The summed E-state index contributed by atoms with van der Waals surface area (Å²) in [5.74, 6) is -0.661. The predicted molar refractivity (Wildman–Crippen MR) is 114 cm³/mol. The molecular weight excluding hydrogens is 461 g/mol. The molecule has 158 valence electrons. The fourth-order valence-corrected chi connectivity index (χ4v) is 3.69. The summed E-state index contributed by atoms with van der Waals surface area (Å²) in [5.41, 5.74) is 3.58. The lowest BCUT2D eigenvalue weighted by Gasteiger charge is -2.33. The Morgan fingerprint density at radius 2 is 1.90 bits per heavy atom. The van der Waals surface area contributed by atoms with Crippen LogP contribution in [0.25, 0.3) is 0 Å². The molecule has 1 fully saturated rings. The third kappa shape index (κ3) is 5.03. The Bertz CT molecular complexity index is 962. The fraction of sp³-hybridized carbons (Fsp3) is 0.263. The van der Waals surface area contributed by atoms with Gasteiger partial charge in [0.15, 0.2) is 5.82 Å². The van der Waals surface area contributed by atoms with Gasteiger partial charge in [0.1, 0.15) is 11.6 Å². The van der Waals surface area contributed by atoms with Crippen molar-refractivity contribution in [1.29, 1.82) is 0 Å². The molecule has 0 amide bonds. The zero-order chi connectivity index (χ0) is 21.7. The van der Waals surface area contributed by atoms with Crippen molar-refractivity contribution in [2.75, 3.05) is 23.3 Å². The van der Waals surface area contributed by atoms with Crippen LogP contribution >= 0.6 is 15.9 Å². The molecule has 0 aromatic heterocycles. The van der Waals surface area contributed by atoms with Gasteiger partial charge in [0, 0.05) is 42.5 Å². The fourth-order valence-electron chi connectivity index (χ4n) is 3.31. The minimum absolute atomic E-state index is 0.0322. The van der Waals surface area contributed by atoms with E-state index in [1.165, 1.54) is 30.3 Å². The summed E-state index contributed by atoms with van der Waals surface area (Å²) in [7, 11) is 0. The van der Waals surface area contributed by atoms with E-state index in [9.17, 15) is 24.5 Å². The first-order chi connectivity index (χ1) is 14.4. The van der Waals surface area contributed by atoms with Crippen LogP contribution in [-0.4, -0.2) is 23.1 Å². The average molecular weight is 480 g/mol. The zero-order valence-corrected chi connectivity index (χ0v) is 17.3. The Balaban J connectivity index is 1.69. The number of nitro benzene ring substituents is 1. The van der Waals surface area contributed by atoms with Gasteiger partial charge in [-0.05, 0) is 59.1 Å². The molecule has 0 unspecified atom stereocenters. The molecule has 1 aliphatic rings. The van der Waals surface area contributed by atoms with Crippen molar-refractivity contribution >= 4 is 33.0 Å². The molecule has 0 atom stereocenters. The lowest BCUT2D eigenvalue weighted by atomic mass is 9.94. The third-order valence-corrected chi connectivity index (χ3v) is 5.52. The highest BCUT2D eigenvalue weighted by atomic mass is 79.9. The molecule has 1 aliphatic heterocycles. The maximum atomic E-state index is 13.4. The van der Waals surface area contributed by atoms with Crippen LogP contribution in [0.1, 0.15) is 12.8 Å². The van der Waals surface area contributed by atoms with Crippen LogP contribution in [0.4, 0.5) is 21.5 Å². The van der Waals surface area contributed by atoms with Crippen molar-refractivity contribution < 1.29 is 14.4 Å². The average Bonchev–Trinajstić information content (AvgIpc) is 2.75. The molecule has 0 bridgehead atoms. The topological polar surface area (TPSA) is 120 Å². The van der Waals surface area contributed by atoms with Crippen molar-refractivity contribution in [1.82, 2.24) is 5.43 Å². The molecule has 2 aromatic rings. The van der Waals surface area contributed by atoms with E-state index in [0.29, 0.717) is 31.6 Å². The number of nitroso groups, excluding NO2 is 1. The number of benzene rings is 2. The molecule has 1 saturated heterocycles. The number of nitrogens with zero attached hydrogens (tertiary/aromatic N) is 3. The van der Waals surface area contributed by atoms with Gasteiger partial charge in [0.05, 0.1) is 14.7 Å². The van der Waals surface area contributed by atoms with Gasteiger partial charge in [0.25, 0.3) is 5.69 Å². The molecule has 3 N–H and O–H groups in total. The number of non-ortho nitro benzene ring substituents is 1. The van der Waals surface area contributed by atoms with Crippen molar-refractivity contribution in [3.8, 4) is 0 Å². The van der Waals surface area contributed by atoms with E-state index in [1.54, 1.807) is 12.1 Å². The molecule has 1 heterocycles. The van der Waals surface area contributed by atoms with Crippen molar-refractivity contribution in [3.05, 3.63) is 79.4 Å². The Kier molecular flexibility index (Phi) is 6.83. The molecule has 30 heavy (non-hydrogen) atoms. The number of hydrogen-bond donors (Lipinski definition) is 3. The SMILES string of the molecule is O=NNC(Nc1ccc(F)c(Br)c1)=C(O)C1CCN(c2ccc([N+](=O)[O-])cc2)CC1. The van der Waals surface area contributed by atoms with Crippen molar-refractivity contribution in [3.63, 3.8) is 0 Å². The van der Waals surface area contributed by atoms with Crippen LogP contribution in [0.15, 0.2) is 63.8 Å². The minimum atomic E-state index is -0.443. The highest BCUT2D eigenvalue weighted by molar-refractivity contribution is 9.10. The largest absolute Gasteiger partial charge is 0.508 e. The number of aliphatic hydroxyl groups is 1. The van der Waals surface area contributed by atoms with Gasteiger partial charge in [-0.1, -0.05) is 0 Å². The first-order valence-corrected chi connectivity index (χ1v) is 9.91. The first kappa shape index (κ1) is 21.5. The second-order valence-corrected chi connectivity index (χ2v) is 7.61. The molecule has 0 spiro atoms. The number of piperidine rings is 1. The number of anilines is 2. The minimum Gasteiger partial charge on any atom is -0.508 e. The smallest absolute Gasteiger partial charge is 0.269 e. The maximum Gasteiger partial charge on any atom is 0.269 e. The van der Waals surface area contributed by atoms with Crippen LogP contribution in [0.2, 0.25) is 0 Å². The molecule has 2 aromatic carbocycles. The van der Waals surface area contributed by atoms with Gasteiger partial charge < -0.3 is 15.3 Å². The Morgan fingerprint density at radius 1 is 1.23 bits per heavy atom. The quantitative estimate of drug-likeness (QED) is 0.225. The van der Waals surface area contributed by atoms with E-state index in [2.05, 4.69) is 36.9 Å². The van der Waals surface area contributed by atoms with E-state index in [4.69, 9.17) is 0 Å². The third-order valence-electron chi connectivity index (χ3n) is 4.91. The number of hydrogen-bond acceptors (Lipinski definition) is 7. The van der Waals surface area contributed by atoms with Gasteiger partial charge >= 0.3 is 0 Å². The maximum absolute atomic E-state index is 13.4. The summed E-state index contributed by atoms with van der Waals surface area (Å²) >= 11 is 3.09. The number of rotatable bonds is 7. The van der Waals surface area contributed by atoms with Crippen molar-refractivity contribution in [2.45, 2.75) is 12.8 Å². The summed E-state index contributed by atoms with van der Waals surface area (Å²) in [6.07, 6.45) is 1.20. The Labute approximate surface area is 179 Å². The predicted octanol–water partition coefficient (Wildman–Crippen LogP) is 4.82. The number of nitrogens with one attached hydrogen (secondary N) is 2. The molecule has 11 heteroatoms. The zero-order valence-electron chi connectivity index (χ0n) is 15.7. The van der Waals surface area contributed by atoms with Gasteiger partial charge in [-0.25, -0.2) is 9.82 Å². The lowest BCUT2D eigenvalue weighted by molar-refractivity contribution is -0.384. The van der Waals surface area contributed by atoms with E-state index < -0.39 is 10.7 Å². The van der Waals surface area contributed by atoms with E-state index >= 15 is 0 Å². The van der Waals surface area contributed by atoms with Crippen molar-refractivity contribution in [2.24, 2.45) is 11.2 Å². The molecule has 0 saturated carbocycles. The monoisotopic (exact) mass is 479 g/mol. The summed E-state index contributed by atoms with van der Waals surface area (Å²) in [4.78, 5) is 23.2. The second-order valence-electron chi connectivity index (χ2n) is 6.75. The van der Waals surface area contributed by atoms with Gasteiger partial charge in [-0.3, -0.25) is 10.1 Å². The van der Waals surface area contributed by atoms with E-state index in [1.807, 2.05) is 0 Å². The summed E-state index contributed by atoms with van der Waals surface area (Å²) in [6, 6.07) is 10.5. The number of aliphatic hydroxyl groups excluding tert-OH is 1. The highest BCUT2D eigenvalue weighted by Crippen LogP contribution is 2.29. The van der Waals surface area contributed by atoms with Gasteiger partial charge in [-0.2, -0.15) is 0 Å². The molecular formula is C19H19BrFN5O4. The normalized spacial score (nSPS) is 15.3. The summed E-state index contributed by atoms with van der Waals surface area (Å²) in [5, 5.41) is 27.0. The van der Waals surface area contributed by atoms with Gasteiger partial charge in [0.2, 0.25) is 0 Å². The number of allylic oxidation sites excluding steroid dienone is 1. The van der Waals surface area contributed by atoms with E-state index in [0.717, 1.165) is 5.69 Å². The van der Waals surface area contributed by atoms with Crippen LogP contribution in [0, 0.1) is 26.8 Å². The van der Waals surface area contributed by atoms with Crippen LogP contribution in [0.3, 0.4) is 0 Å². The first-order valence-electron chi connectivity index (χ1n) is 9.12. The van der Waals surface area contributed by atoms with Crippen LogP contribution in [0.5, 0.6) is 0 Å². The Morgan fingerprint density at radius 3 is 2.47 bits per heavy atom. The molecule has 9 nitrogen and oxygen atoms in total.